The van der Waals surface area contributed by atoms with E-state index >= 15 is 0 Å². The number of aromatic nitrogens is 7. The number of halogens is 1. The minimum absolute atomic E-state index is 0.212. The van der Waals surface area contributed by atoms with Crippen LogP contribution in [0.1, 0.15) is 18.8 Å². The van der Waals surface area contributed by atoms with Crippen molar-refractivity contribution in [1.82, 2.24) is 35.4 Å². The number of nitrogens with zero attached hydrogens (tertiary/aromatic N) is 7. The van der Waals surface area contributed by atoms with E-state index in [0.717, 1.165) is 5.56 Å². The van der Waals surface area contributed by atoms with E-state index < -0.39 is 0 Å². The van der Waals surface area contributed by atoms with Crippen LogP contribution in [0.4, 0.5) is 5.82 Å². The van der Waals surface area contributed by atoms with Gasteiger partial charge in [-0.15, -0.1) is 14.8 Å². The van der Waals surface area contributed by atoms with Gasteiger partial charge in [-0.05, 0) is 53.7 Å². The quantitative estimate of drug-likeness (QED) is 0.602. The second-order valence-corrected chi connectivity index (χ2v) is 5.51. The maximum atomic E-state index is 5.88. The van der Waals surface area contributed by atoms with Gasteiger partial charge in [0.05, 0.1) is 6.04 Å². The Morgan fingerprint density at radius 3 is 2.83 bits per heavy atom. The van der Waals surface area contributed by atoms with Crippen LogP contribution in [0.15, 0.2) is 40.9 Å². The molecule has 0 aliphatic rings. The molecule has 4 aromatic rings. The van der Waals surface area contributed by atoms with Crippen LogP contribution in [-0.2, 0) is 0 Å². The van der Waals surface area contributed by atoms with E-state index in [1.54, 1.807) is 24.3 Å². The maximum Gasteiger partial charge on any atom is 0.257 e. The molecule has 1 aromatic carbocycles. The lowest BCUT2D eigenvalue weighted by molar-refractivity contribution is 0.419. The summed E-state index contributed by atoms with van der Waals surface area (Å²) >= 11 is 5.88. The third-order valence-corrected chi connectivity index (χ3v) is 3.61. The Morgan fingerprint density at radius 2 is 2.00 bits per heavy atom. The summed E-state index contributed by atoms with van der Waals surface area (Å²) in [6.45, 7) is 1.90. The molecule has 0 spiro atoms. The van der Waals surface area contributed by atoms with Crippen molar-refractivity contribution in [3.8, 4) is 11.5 Å². The molecule has 0 amide bonds. The van der Waals surface area contributed by atoms with Gasteiger partial charge < -0.3 is 9.84 Å². The van der Waals surface area contributed by atoms with Crippen LogP contribution in [0.2, 0.25) is 5.02 Å². The summed E-state index contributed by atoms with van der Waals surface area (Å²) in [7, 11) is 0. The molecule has 1 N–H and O–H groups in total. The van der Waals surface area contributed by atoms with E-state index in [4.69, 9.17) is 16.1 Å². The predicted molar refractivity (Wildman–Crippen MR) is 85.4 cm³/mol. The molecule has 9 nitrogen and oxygen atoms in total. The van der Waals surface area contributed by atoms with Crippen LogP contribution in [0.3, 0.4) is 0 Å². The van der Waals surface area contributed by atoms with Crippen molar-refractivity contribution in [3.63, 3.8) is 0 Å². The molecule has 0 saturated heterocycles. The predicted octanol–water partition coefficient (Wildman–Crippen LogP) is 2.40. The van der Waals surface area contributed by atoms with Crippen LogP contribution >= 0.6 is 11.6 Å². The summed E-state index contributed by atoms with van der Waals surface area (Å²) in [6.07, 6.45) is 0. The van der Waals surface area contributed by atoms with Gasteiger partial charge in [-0.1, -0.05) is 16.8 Å². The van der Waals surface area contributed by atoms with Gasteiger partial charge in [0.15, 0.2) is 11.5 Å². The van der Waals surface area contributed by atoms with Crippen molar-refractivity contribution in [2.24, 2.45) is 0 Å². The largest absolute Gasteiger partial charge is 0.359 e. The molecule has 120 valence electrons. The number of anilines is 1. The van der Waals surface area contributed by atoms with Gasteiger partial charge in [0.1, 0.15) is 5.82 Å². The highest BCUT2D eigenvalue weighted by Gasteiger charge is 2.15. The van der Waals surface area contributed by atoms with Crippen LogP contribution in [0.5, 0.6) is 0 Å². The SMILES string of the molecule is C[C@H](Nc1ccc2nnnn2n1)c1noc(-c2ccc(Cl)cc2)n1. The number of nitrogens with one attached hydrogen (secondary N) is 1. The zero-order valence-electron chi connectivity index (χ0n) is 12.5. The molecule has 3 heterocycles. The molecule has 24 heavy (non-hydrogen) atoms. The van der Waals surface area contributed by atoms with Gasteiger partial charge in [0, 0.05) is 10.6 Å². The minimum atomic E-state index is -0.212. The Balaban J connectivity index is 1.54. The van der Waals surface area contributed by atoms with Gasteiger partial charge >= 0.3 is 0 Å². The molecule has 0 aliphatic heterocycles. The average Bonchev–Trinajstić information content (AvgIpc) is 3.24. The first-order chi connectivity index (χ1) is 11.7. The topological polar surface area (TPSA) is 107 Å². The monoisotopic (exact) mass is 342 g/mol. The zero-order chi connectivity index (χ0) is 16.5. The number of hydrogen-bond acceptors (Lipinski definition) is 8. The molecule has 4 rings (SSSR count). The summed E-state index contributed by atoms with van der Waals surface area (Å²) in [4.78, 5) is 4.40. The van der Waals surface area contributed by atoms with Crippen molar-refractivity contribution < 1.29 is 4.52 Å². The van der Waals surface area contributed by atoms with Crippen molar-refractivity contribution >= 4 is 23.1 Å². The van der Waals surface area contributed by atoms with Crippen LogP contribution in [0.25, 0.3) is 17.1 Å². The molecule has 0 radical (unpaired) electrons. The highest BCUT2D eigenvalue weighted by Crippen LogP contribution is 2.22. The molecular formula is C14H11ClN8O. The van der Waals surface area contributed by atoms with Crippen LogP contribution in [-0.4, -0.2) is 35.4 Å². The van der Waals surface area contributed by atoms with Crippen molar-refractivity contribution in [2.45, 2.75) is 13.0 Å². The Labute approximate surface area is 140 Å². The number of fused-ring (bicyclic) bond motifs is 1. The smallest absolute Gasteiger partial charge is 0.257 e. The number of rotatable bonds is 4. The molecule has 0 fully saturated rings. The molecule has 0 bridgehead atoms. The van der Waals surface area contributed by atoms with Gasteiger partial charge in [0.25, 0.3) is 5.89 Å². The Bertz CT molecular complexity index is 980. The fourth-order valence-corrected chi connectivity index (χ4v) is 2.26. The fraction of sp³-hybridized carbons (Fsp3) is 0.143. The zero-order valence-corrected chi connectivity index (χ0v) is 13.2. The summed E-state index contributed by atoms with van der Waals surface area (Å²) < 4.78 is 6.64. The number of tetrazole rings is 1. The van der Waals surface area contributed by atoms with Gasteiger partial charge in [-0.2, -0.15) is 4.98 Å². The van der Waals surface area contributed by atoms with E-state index in [-0.39, 0.29) is 6.04 Å². The molecular weight excluding hydrogens is 332 g/mol. The van der Waals surface area contributed by atoms with Crippen molar-refractivity contribution in [2.75, 3.05) is 5.32 Å². The highest BCUT2D eigenvalue weighted by atomic mass is 35.5. The summed E-state index contributed by atoms with van der Waals surface area (Å²) in [5.74, 6) is 1.54. The van der Waals surface area contributed by atoms with E-state index in [0.29, 0.717) is 28.2 Å². The Kier molecular flexibility index (Phi) is 3.54. The van der Waals surface area contributed by atoms with E-state index in [1.807, 2.05) is 19.1 Å². The first-order valence-corrected chi connectivity index (χ1v) is 7.48. The van der Waals surface area contributed by atoms with Crippen LogP contribution in [0, 0.1) is 0 Å². The van der Waals surface area contributed by atoms with E-state index in [1.165, 1.54) is 4.63 Å². The first-order valence-electron chi connectivity index (χ1n) is 7.10. The molecule has 10 heteroatoms. The molecule has 0 aliphatic carbocycles. The second kappa shape index (κ2) is 5.85. The minimum Gasteiger partial charge on any atom is -0.359 e. The third kappa shape index (κ3) is 2.76. The molecule has 3 aromatic heterocycles. The van der Waals surface area contributed by atoms with Crippen LogP contribution < -0.4 is 5.32 Å². The third-order valence-electron chi connectivity index (χ3n) is 3.35. The standard InChI is InChI=1S/C14H11ClN8O/c1-8(16-11-6-7-12-18-21-22-23(12)19-11)13-17-14(24-20-13)9-2-4-10(15)5-3-9/h2-8H,1H3,(H,16,19)/t8-/m0/s1. The maximum absolute atomic E-state index is 5.88. The fourth-order valence-electron chi connectivity index (χ4n) is 2.13. The normalized spacial score (nSPS) is 12.4. The second-order valence-electron chi connectivity index (χ2n) is 5.08. The van der Waals surface area contributed by atoms with Gasteiger partial charge in [-0.3, -0.25) is 0 Å². The lowest BCUT2D eigenvalue weighted by Gasteiger charge is -2.09. The molecule has 1 atom stereocenters. The lowest BCUT2D eigenvalue weighted by Crippen LogP contribution is -2.11. The molecule has 0 unspecified atom stereocenters. The first kappa shape index (κ1) is 14.5. The summed E-state index contributed by atoms with van der Waals surface area (Å²) in [5.41, 5.74) is 1.37. The van der Waals surface area contributed by atoms with E-state index in [2.05, 4.69) is 36.1 Å². The Morgan fingerprint density at radius 1 is 1.17 bits per heavy atom. The Hall–Kier alpha value is -3.07. The van der Waals surface area contributed by atoms with E-state index in [9.17, 15) is 0 Å². The van der Waals surface area contributed by atoms with Crippen molar-refractivity contribution in [3.05, 3.63) is 47.2 Å². The van der Waals surface area contributed by atoms with Gasteiger partial charge in [-0.25, -0.2) is 0 Å². The lowest BCUT2D eigenvalue weighted by atomic mass is 10.2. The van der Waals surface area contributed by atoms with Crippen molar-refractivity contribution in [1.29, 1.82) is 0 Å². The number of benzene rings is 1. The summed E-state index contributed by atoms with van der Waals surface area (Å²) in [6, 6.07) is 10.5. The number of hydrogen-bond donors (Lipinski definition) is 1. The molecule has 0 saturated carbocycles. The summed E-state index contributed by atoms with van der Waals surface area (Å²) in [5, 5.41) is 23.2. The van der Waals surface area contributed by atoms with Gasteiger partial charge in [0.2, 0.25) is 0 Å². The average molecular weight is 343 g/mol. The highest BCUT2D eigenvalue weighted by molar-refractivity contribution is 6.30.